The molecule has 22 nitrogen and oxygen atoms in total. The summed E-state index contributed by atoms with van der Waals surface area (Å²) in [7, 11) is 0. The third kappa shape index (κ3) is 14.4. The molecule has 9 atom stereocenters. The Morgan fingerprint density at radius 3 is 2.11 bits per heavy atom. The van der Waals surface area contributed by atoms with Crippen molar-refractivity contribution in [1.82, 2.24) is 36.5 Å². The number of nitrogens with one attached hydrogen (secondary N) is 7. The zero-order valence-electron chi connectivity index (χ0n) is 41.6. The van der Waals surface area contributed by atoms with E-state index in [-0.39, 0.29) is 53.4 Å². The van der Waals surface area contributed by atoms with Crippen molar-refractivity contribution in [1.29, 1.82) is 0 Å². The van der Waals surface area contributed by atoms with Gasteiger partial charge in [-0.05, 0) is 48.8 Å². The average Bonchev–Trinajstić information content (AvgIpc) is 3.90. The quantitative estimate of drug-likeness (QED) is 0.108. The van der Waals surface area contributed by atoms with Crippen LogP contribution >= 0.6 is 11.8 Å². The number of carboxylic acid groups (broad SMARTS) is 1. The number of H-pyrrole nitrogens is 1. The molecule has 23 heteroatoms. The van der Waals surface area contributed by atoms with Crippen LogP contribution < -0.4 is 36.6 Å². The van der Waals surface area contributed by atoms with Gasteiger partial charge in [0.25, 0.3) is 0 Å². The van der Waals surface area contributed by atoms with Gasteiger partial charge in [-0.25, -0.2) is 0 Å². The van der Waals surface area contributed by atoms with Crippen molar-refractivity contribution < 1.29 is 67.7 Å². The van der Waals surface area contributed by atoms with Crippen molar-refractivity contribution in [3.05, 3.63) is 17.7 Å². The van der Waals surface area contributed by atoms with Gasteiger partial charge in [-0.3, -0.25) is 52.7 Å². The number of aromatic nitrogens is 1. The molecule has 1 saturated heterocycles. The van der Waals surface area contributed by atoms with Crippen LogP contribution in [-0.2, 0) is 59.2 Å². The summed E-state index contributed by atoms with van der Waals surface area (Å²) < 4.78 is 5.74. The number of aliphatic hydroxyl groups excluding tert-OH is 1. The maximum absolute atomic E-state index is 14.8. The Kier molecular flexibility index (Phi) is 20.3. The third-order valence-electron chi connectivity index (χ3n) is 13.4. The number of ether oxygens (including phenoxy) is 1. The number of rotatable bonds is 12. The van der Waals surface area contributed by atoms with Crippen LogP contribution in [0.15, 0.2) is 17.2 Å². The van der Waals surface area contributed by atoms with E-state index in [2.05, 4.69) is 36.9 Å². The number of fused-ring (bicyclic) bond motifs is 5. The highest BCUT2D eigenvalue weighted by Crippen LogP contribution is 2.41. The van der Waals surface area contributed by atoms with E-state index in [4.69, 9.17) is 4.74 Å². The van der Waals surface area contributed by atoms with Gasteiger partial charge in [-0.1, -0.05) is 54.4 Å². The molecule has 5 rings (SSSR count). The molecule has 2 aromatic rings. The Morgan fingerprint density at radius 2 is 1.46 bits per heavy atom. The largest absolute Gasteiger partial charge is 0.481 e. The third-order valence-corrected chi connectivity index (χ3v) is 14.5. The summed E-state index contributed by atoms with van der Waals surface area (Å²) in [5.41, 5.74) is 0.667. The number of nitrogens with zero attached hydrogens (tertiary/aromatic N) is 1. The molecule has 4 heterocycles. The van der Waals surface area contributed by atoms with Gasteiger partial charge in [0.1, 0.15) is 17.8 Å². The van der Waals surface area contributed by atoms with E-state index in [0.717, 1.165) is 16.7 Å². The summed E-state index contributed by atoms with van der Waals surface area (Å²) in [6, 6.07) is -2.26. The Hall–Kier alpha value is -6.36. The topological polar surface area (TPSA) is 329 Å². The molecule has 1 aromatic carbocycles. The highest BCUT2D eigenvalue weighted by molar-refractivity contribution is 7.99. The molecule has 1 unspecified atom stereocenters. The molecule has 0 radical (unpaired) electrons. The number of hydrogen-bond donors (Lipinski definition) is 9. The van der Waals surface area contributed by atoms with E-state index < -0.39 is 158 Å². The first kappa shape index (κ1) is 56.6. The highest BCUT2D eigenvalue weighted by Gasteiger charge is 2.44. The number of thioether (sulfide) groups is 1. The second-order valence-electron chi connectivity index (χ2n) is 18.9. The first-order valence-corrected chi connectivity index (χ1v) is 25.7. The number of Topliss-reactive ketones (excluding diaryl/α,β-unsaturated/α-hetero) is 2. The van der Waals surface area contributed by atoms with Crippen molar-refractivity contribution in [2.45, 2.75) is 147 Å². The lowest BCUT2D eigenvalue weighted by molar-refractivity contribution is -0.148. The van der Waals surface area contributed by atoms with Gasteiger partial charge in [0.05, 0.1) is 54.2 Å². The van der Waals surface area contributed by atoms with E-state index in [9.17, 15) is 63.0 Å². The lowest BCUT2D eigenvalue weighted by Crippen LogP contribution is -2.55. The molecule has 0 spiro atoms. The smallest absolute Gasteiger partial charge is 0.311 e. The predicted molar refractivity (Wildman–Crippen MR) is 262 cm³/mol. The Balaban J connectivity index is 1.78. The number of aliphatic carboxylic acids is 1. The molecule has 3 aliphatic heterocycles. The number of ketones is 2. The monoisotopic (exact) mass is 1020 g/mol. The lowest BCUT2D eigenvalue weighted by atomic mass is 9.86. The number of amides is 7. The molecule has 72 heavy (non-hydrogen) atoms. The van der Waals surface area contributed by atoms with Crippen LogP contribution in [0.1, 0.15) is 111 Å². The lowest BCUT2D eigenvalue weighted by Gasteiger charge is -2.31. The van der Waals surface area contributed by atoms with Gasteiger partial charge in [0, 0.05) is 55.7 Å². The fraction of sp³-hybridized carbons (Fsp3) is 0.612. The summed E-state index contributed by atoms with van der Waals surface area (Å²) in [4.78, 5) is 156. The molecule has 2 bridgehead atoms. The van der Waals surface area contributed by atoms with Crippen molar-refractivity contribution >= 4 is 93.2 Å². The Morgan fingerprint density at radius 1 is 0.806 bits per heavy atom. The standard InChI is InChI=1S/C49H68N8O14S/c1-7-11-36(61)53-44-35(71-40(66)12-8-2)14-13-29-30-15-26-16-34(60)41(24(5)9-3)55-46(68)32-19-28(58)22-57(32)49(70)27(18-39(64)65)17-33(59)31(23-72-48(30)56-43(29)44)52-37(62)20-51-47(69)42(25(6)10-4)54-38(63)21-50-45(26)67/h13-14,24-28,31-32,41-42,56,58H,7-12,15-23H2,1-6H3,(H,50,67)(H,51,69)(H,52,62)(H,53,61)(H,54,63)(H,55,68)(H,64,65)/t24?,25-,26+,27-,28+,31-,32-,41-,42-/m0/s1. The number of anilines is 1. The Labute approximate surface area is 421 Å². The summed E-state index contributed by atoms with van der Waals surface area (Å²) in [5, 5.41) is 37.4. The van der Waals surface area contributed by atoms with Gasteiger partial charge in [-0.2, -0.15) is 0 Å². The minimum absolute atomic E-state index is 0.00589. The maximum atomic E-state index is 14.8. The molecule has 394 valence electrons. The van der Waals surface area contributed by atoms with E-state index in [1.807, 2.05) is 0 Å². The molecule has 1 fully saturated rings. The van der Waals surface area contributed by atoms with E-state index >= 15 is 0 Å². The van der Waals surface area contributed by atoms with Crippen LogP contribution in [0.5, 0.6) is 5.75 Å². The van der Waals surface area contributed by atoms with Crippen LogP contribution in [0.4, 0.5) is 5.69 Å². The van der Waals surface area contributed by atoms with Gasteiger partial charge < -0.3 is 56.7 Å². The van der Waals surface area contributed by atoms with Gasteiger partial charge in [0.15, 0.2) is 17.3 Å². The van der Waals surface area contributed by atoms with E-state index in [0.29, 0.717) is 36.6 Å². The number of esters is 1. The fourth-order valence-electron chi connectivity index (χ4n) is 9.04. The van der Waals surface area contributed by atoms with Crippen molar-refractivity contribution in [2.24, 2.45) is 23.7 Å². The minimum Gasteiger partial charge on any atom is -0.481 e. The van der Waals surface area contributed by atoms with Crippen LogP contribution in [0, 0.1) is 23.7 Å². The molecule has 0 saturated carbocycles. The summed E-state index contributed by atoms with van der Waals surface area (Å²) >= 11 is 0.971. The van der Waals surface area contributed by atoms with Crippen molar-refractivity contribution in [3.8, 4) is 5.75 Å². The molecule has 1 aromatic heterocycles. The number of aliphatic hydroxyl groups is 1. The molecule has 3 aliphatic rings. The molecule has 9 N–H and O–H groups in total. The zero-order valence-corrected chi connectivity index (χ0v) is 42.4. The van der Waals surface area contributed by atoms with Crippen LogP contribution in [0.2, 0.25) is 0 Å². The van der Waals surface area contributed by atoms with Gasteiger partial charge >= 0.3 is 11.9 Å². The number of carbonyl (C=O) groups excluding carboxylic acids is 10. The summed E-state index contributed by atoms with van der Waals surface area (Å²) in [5.74, 6) is -13.0. The maximum Gasteiger partial charge on any atom is 0.311 e. The second-order valence-corrected chi connectivity index (χ2v) is 19.9. The predicted octanol–water partition coefficient (Wildman–Crippen LogP) is 1.64. The molecular weight excluding hydrogens is 957 g/mol. The summed E-state index contributed by atoms with van der Waals surface area (Å²) in [6.45, 7) is 8.84. The van der Waals surface area contributed by atoms with Crippen LogP contribution in [0.3, 0.4) is 0 Å². The second kappa shape index (κ2) is 25.8. The van der Waals surface area contributed by atoms with E-state index in [1.165, 1.54) is 6.07 Å². The fourth-order valence-corrected chi connectivity index (χ4v) is 10.2. The van der Waals surface area contributed by atoms with Gasteiger partial charge in [0.2, 0.25) is 41.4 Å². The molecule has 0 aliphatic carbocycles. The number of aromatic amines is 1. The zero-order chi connectivity index (χ0) is 53.0. The highest BCUT2D eigenvalue weighted by atomic mass is 32.2. The van der Waals surface area contributed by atoms with Crippen LogP contribution in [-0.4, -0.2) is 141 Å². The SMILES string of the molecule is CCCC(=O)Nc1c(OC(=O)CCC)ccc2c3c([nH]c12)SC[C@@H]1NC(=O)CNC(=O)[C@H]([C@@H](C)CC)NC(=O)CNC(=O)[C@@H](CC(=O)[C@H](C(C)CC)NC(=O)[C@@H]2C[C@@H](O)CN2C(=O)[C@H](CC(=O)O)CC1=O)C3. The molecule has 7 amide bonds. The summed E-state index contributed by atoms with van der Waals surface area (Å²) in [6.07, 6.45) is -2.08. The molecular formula is C49H68N8O14S. The normalized spacial score (nSPS) is 25.2. The number of benzene rings is 1. The van der Waals surface area contributed by atoms with Crippen molar-refractivity contribution in [3.63, 3.8) is 0 Å². The minimum atomic E-state index is -1.60. The number of carboxylic acids is 1. The van der Waals surface area contributed by atoms with Crippen molar-refractivity contribution in [2.75, 3.05) is 30.7 Å². The Bertz CT molecular complexity index is 2430. The van der Waals surface area contributed by atoms with Crippen LogP contribution in [0.25, 0.3) is 10.9 Å². The van der Waals surface area contributed by atoms with Gasteiger partial charge in [-0.15, -0.1) is 11.8 Å². The first-order chi connectivity index (χ1) is 34.2. The number of hydrogen-bond acceptors (Lipinski definition) is 14. The average molecular weight is 1030 g/mol. The number of carbonyl (C=O) groups is 11. The first-order valence-electron chi connectivity index (χ1n) is 24.7. The van der Waals surface area contributed by atoms with E-state index in [1.54, 1.807) is 47.6 Å².